The summed E-state index contributed by atoms with van der Waals surface area (Å²) in [5, 5.41) is 10.7. The zero-order valence-corrected chi connectivity index (χ0v) is 17.1. The molecule has 1 aromatic carbocycles. The normalized spacial score (nSPS) is 25.3. The average Bonchev–Trinajstić information content (AvgIpc) is 2.68. The van der Waals surface area contributed by atoms with Crippen molar-refractivity contribution in [1.29, 1.82) is 0 Å². The van der Waals surface area contributed by atoms with Crippen LogP contribution in [0.3, 0.4) is 0 Å². The first-order valence-electron chi connectivity index (χ1n) is 9.51. The van der Waals surface area contributed by atoms with E-state index in [1.165, 1.54) is 16.4 Å². The van der Waals surface area contributed by atoms with Gasteiger partial charge in [-0.25, -0.2) is 8.42 Å². The van der Waals surface area contributed by atoms with Crippen LogP contribution in [0.25, 0.3) is 0 Å². The van der Waals surface area contributed by atoms with Crippen LogP contribution >= 0.6 is 11.6 Å². The lowest BCUT2D eigenvalue weighted by molar-refractivity contribution is -0.141. The van der Waals surface area contributed by atoms with E-state index in [1.54, 1.807) is 24.1 Å². The molecule has 1 aliphatic heterocycles. The zero-order valence-electron chi connectivity index (χ0n) is 15.6. The standard InChI is InChI=1S/C19H27ClN2O4S/c1-21(17-4-2-3-5-18(17)23)19(24)14-10-12-22(13-11-14)27(25,26)16-8-6-15(20)7-9-16/h6-9,14,17-18,23H,2-5,10-13H2,1H3/t17-,18-/m0/s1. The van der Waals surface area contributed by atoms with E-state index >= 15 is 0 Å². The Bertz CT molecular complexity index is 760. The predicted octanol–water partition coefficient (Wildman–Crippen LogP) is 2.50. The maximum atomic E-state index is 12.8. The van der Waals surface area contributed by atoms with Gasteiger partial charge >= 0.3 is 0 Å². The second kappa shape index (κ2) is 8.47. The lowest BCUT2D eigenvalue weighted by atomic mass is 9.89. The van der Waals surface area contributed by atoms with Gasteiger partial charge in [-0.1, -0.05) is 24.4 Å². The van der Waals surface area contributed by atoms with E-state index in [1.807, 2.05) is 0 Å². The molecular weight excluding hydrogens is 388 g/mol. The van der Waals surface area contributed by atoms with Gasteiger partial charge in [0.15, 0.2) is 0 Å². The molecule has 2 aliphatic rings. The van der Waals surface area contributed by atoms with Gasteiger partial charge in [0.05, 0.1) is 17.0 Å². The van der Waals surface area contributed by atoms with Gasteiger partial charge in [-0.05, 0) is 49.9 Å². The number of aliphatic hydroxyl groups is 1. The third kappa shape index (κ3) is 4.47. The van der Waals surface area contributed by atoms with E-state index in [9.17, 15) is 18.3 Å². The SMILES string of the molecule is CN(C(=O)C1CCN(S(=O)(=O)c2ccc(Cl)cc2)CC1)[C@H]1CCCC[C@@H]1O. The first-order valence-corrected chi connectivity index (χ1v) is 11.3. The summed E-state index contributed by atoms with van der Waals surface area (Å²) in [5.41, 5.74) is 0. The number of amides is 1. The maximum Gasteiger partial charge on any atom is 0.243 e. The summed E-state index contributed by atoms with van der Waals surface area (Å²) in [6.45, 7) is 0.644. The van der Waals surface area contributed by atoms with Crippen LogP contribution in [0.1, 0.15) is 38.5 Å². The average molecular weight is 415 g/mol. The van der Waals surface area contributed by atoms with Crippen LogP contribution in [0.5, 0.6) is 0 Å². The fraction of sp³-hybridized carbons (Fsp3) is 0.632. The van der Waals surface area contributed by atoms with Gasteiger partial charge in [-0.2, -0.15) is 4.31 Å². The molecule has 2 fully saturated rings. The minimum atomic E-state index is -3.57. The Hall–Kier alpha value is -1.15. The predicted molar refractivity (Wildman–Crippen MR) is 104 cm³/mol. The molecule has 1 saturated heterocycles. The number of hydrogen-bond donors (Lipinski definition) is 1. The highest BCUT2D eigenvalue weighted by molar-refractivity contribution is 7.89. The Morgan fingerprint density at radius 1 is 1.11 bits per heavy atom. The zero-order chi connectivity index (χ0) is 19.6. The number of nitrogens with zero attached hydrogens (tertiary/aromatic N) is 2. The quantitative estimate of drug-likeness (QED) is 0.821. The molecule has 0 unspecified atom stereocenters. The molecule has 0 bridgehead atoms. The van der Waals surface area contributed by atoms with E-state index in [-0.39, 0.29) is 22.8 Å². The number of benzene rings is 1. The summed E-state index contributed by atoms with van der Waals surface area (Å²) in [4.78, 5) is 14.8. The van der Waals surface area contributed by atoms with Crippen molar-refractivity contribution in [1.82, 2.24) is 9.21 Å². The highest BCUT2D eigenvalue weighted by atomic mass is 35.5. The van der Waals surface area contributed by atoms with Gasteiger partial charge in [-0.3, -0.25) is 4.79 Å². The van der Waals surface area contributed by atoms with Crippen molar-refractivity contribution in [2.75, 3.05) is 20.1 Å². The molecule has 1 saturated carbocycles. The molecule has 1 heterocycles. The monoisotopic (exact) mass is 414 g/mol. The molecule has 150 valence electrons. The van der Waals surface area contributed by atoms with E-state index in [2.05, 4.69) is 0 Å². The fourth-order valence-corrected chi connectivity index (χ4v) is 5.69. The molecule has 2 atom stereocenters. The molecule has 1 N–H and O–H groups in total. The summed E-state index contributed by atoms with van der Waals surface area (Å²) in [7, 11) is -1.81. The number of carbonyl (C=O) groups excluding carboxylic acids is 1. The first kappa shape index (κ1) is 20.6. The lowest BCUT2D eigenvalue weighted by Crippen LogP contribution is -2.50. The molecule has 0 radical (unpaired) electrons. The third-order valence-electron chi connectivity index (χ3n) is 5.79. The van der Waals surface area contributed by atoms with Crippen LogP contribution < -0.4 is 0 Å². The van der Waals surface area contributed by atoms with Crippen LogP contribution in [-0.4, -0.2) is 60.9 Å². The van der Waals surface area contributed by atoms with Gasteiger partial charge in [0.2, 0.25) is 15.9 Å². The molecule has 0 aromatic heterocycles. The molecule has 27 heavy (non-hydrogen) atoms. The van der Waals surface area contributed by atoms with Crippen LogP contribution in [0.2, 0.25) is 5.02 Å². The number of aliphatic hydroxyl groups excluding tert-OH is 1. The second-order valence-corrected chi connectivity index (χ2v) is 9.87. The van der Waals surface area contributed by atoms with E-state index in [0.717, 1.165) is 25.7 Å². The van der Waals surface area contributed by atoms with Gasteiger partial charge in [0.25, 0.3) is 0 Å². The minimum absolute atomic E-state index is 0.0180. The largest absolute Gasteiger partial charge is 0.391 e. The molecule has 1 amide bonds. The van der Waals surface area contributed by atoms with Crippen LogP contribution in [0, 0.1) is 5.92 Å². The van der Waals surface area contributed by atoms with E-state index < -0.39 is 16.1 Å². The number of halogens is 1. The number of rotatable bonds is 4. The van der Waals surface area contributed by atoms with Crippen molar-refractivity contribution in [3.05, 3.63) is 29.3 Å². The summed E-state index contributed by atoms with van der Waals surface area (Å²) in [6.07, 6.45) is 4.13. The molecular formula is C19H27ClN2O4S. The number of sulfonamides is 1. The van der Waals surface area contributed by atoms with E-state index in [4.69, 9.17) is 11.6 Å². The smallest absolute Gasteiger partial charge is 0.243 e. The van der Waals surface area contributed by atoms with E-state index in [0.29, 0.717) is 31.0 Å². The molecule has 0 spiro atoms. The van der Waals surface area contributed by atoms with Crippen molar-refractivity contribution in [3.63, 3.8) is 0 Å². The Kier molecular flexibility index (Phi) is 6.46. The van der Waals surface area contributed by atoms with Crippen molar-refractivity contribution >= 4 is 27.5 Å². The molecule has 3 rings (SSSR count). The van der Waals surface area contributed by atoms with Crippen molar-refractivity contribution in [3.8, 4) is 0 Å². The topological polar surface area (TPSA) is 77.9 Å². The Morgan fingerprint density at radius 2 is 1.70 bits per heavy atom. The number of carbonyl (C=O) groups is 1. The number of likely N-dealkylation sites (N-methyl/N-ethyl adjacent to an activating group) is 1. The molecule has 6 nitrogen and oxygen atoms in total. The second-order valence-electron chi connectivity index (χ2n) is 7.50. The van der Waals surface area contributed by atoms with Gasteiger partial charge in [-0.15, -0.1) is 0 Å². The minimum Gasteiger partial charge on any atom is -0.391 e. The highest BCUT2D eigenvalue weighted by Crippen LogP contribution is 2.28. The number of hydrogen-bond acceptors (Lipinski definition) is 4. The Labute approximate surface area is 166 Å². The third-order valence-corrected chi connectivity index (χ3v) is 7.96. The summed E-state index contributed by atoms with van der Waals surface area (Å²) >= 11 is 5.84. The lowest BCUT2D eigenvalue weighted by Gasteiger charge is -2.38. The Morgan fingerprint density at radius 3 is 2.30 bits per heavy atom. The van der Waals surface area contributed by atoms with Crippen LogP contribution in [-0.2, 0) is 14.8 Å². The first-order chi connectivity index (χ1) is 12.8. The van der Waals surface area contributed by atoms with Gasteiger partial charge in [0.1, 0.15) is 0 Å². The van der Waals surface area contributed by atoms with Crippen molar-refractivity contribution < 1.29 is 18.3 Å². The van der Waals surface area contributed by atoms with Gasteiger partial charge in [0, 0.05) is 31.1 Å². The Balaban J connectivity index is 1.61. The van der Waals surface area contributed by atoms with Crippen molar-refractivity contribution in [2.24, 2.45) is 5.92 Å². The van der Waals surface area contributed by atoms with Crippen molar-refractivity contribution in [2.45, 2.75) is 55.6 Å². The molecule has 8 heteroatoms. The molecule has 1 aromatic rings. The summed E-state index contributed by atoms with van der Waals surface area (Å²) < 4.78 is 26.9. The highest BCUT2D eigenvalue weighted by Gasteiger charge is 2.36. The van der Waals surface area contributed by atoms with Crippen LogP contribution in [0.15, 0.2) is 29.2 Å². The summed E-state index contributed by atoms with van der Waals surface area (Å²) in [6, 6.07) is 6.02. The summed E-state index contributed by atoms with van der Waals surface area (Å²) in [5.74, 6) is -0.176. The van der Waals surface area contributed by atoms with Crippen LogP contribution in [0.4, 0.5) is 0 Å². The fourth-order valence-electron chi connectivity index (χ4n) is 4.09. The van der Waals surface area contributed by atoms with Gasteiger partial charge < -0.3 is 10.0 Å². The maximum absolute atomic E-state index is 12.8. The molecule has 1 aliphatic carbocycles. The number of piperidine rings is 1.